The van der Waals surface area contributed by atoms with Gasteiger partial charge in [-0.15, -0.1) is 0 Å². The Morgan fingerprint density at radius 2 is 1.94 bits per heavy atom. The van der Waals surface area contributed by atoms with Gasteiger partial charge in [-0.1, -0.05) is 12.1 Å². The van der Waals surface area contributed by atoms with Gasteiger partial charge >= 0.3 is 0 Å². The van der Waals surface area contributed by atoms with Crippen LogP contribution >= 0.6 is 22.6 Å². The first-order valence-electron chi connectivity index (χ1n) is 4.45. The van der Waals surface area contributed by atoms with Crippen molar-refractivity contribution in [2.24, 2.45) is 0 Å². The van der Waals surface area contributed by atoms with Crippen molar-refractivity contribution >= 4 is 22.6 Å². The zero-order chi connectivity index (χ0) is 11.4. The Morgan fingerprint density at radius 3 is 2.69 bits per heavy atom. The molecule has 1 heterocycles. The number of hydrogen-bond acceptors (Lipinski definition) is 4. The summed E-state index contributed by atoms with van der Waals surface area (Å²) in [6, 6.07) is 9.44. The Morgan fingerprint density at radius 1 is 1.19 bits per heavy atom. The van der Waals surface area contributed by atoms with Crippen LogP contribution < -0.4 is 4.74 Å². The summed E-state index contributed by atoms with van der Waals surface area (Å²) < 4.78 is 6.48. The van der Waals surface area contributed by atoms with Crippen LogP contribution in [0.15, 0.2) is 36.7 Å². The van der Waals surface area contributed by atoms with Crippen LogP contribution in [0.5, 0.6) is 11.6 Å². The molecule has 2 rings (SSSR count). The first-order valence-corrected chi connectivity index (χ1v) is 5.52. The zero-order valence-corrected chi connectivity index (χ0v) is 10.2. The van der Waals surface area contributed by atoms with Crippen molar-refractivity contribution in [3.05, 3.63) is 45.9 Å². The first kappa shape index (κ1) is 10.8. The second-order valence-corrected chi connectivity index (χ2v) is 4.02. The van der Waals surface area contributed by atoms with E-state index in [1.807, 2.05) is 30.3 Å². The van der Waals surface area contributed by atoms with Crippen molar-refractivity contribution in [1.82, 2.24) is 9.97 Å². The van der Waals surface area contributed by atoms with Crippen molar-refractivity contribution in [2.75, 3.05) is 0 Å². The van der Waals surface area contributed by atoms with Crippen molar-refractivity contribution in [3.8, 4) is 17.7 Å². The van der Waals surface area contributed by atoms with Gasteiger partial charge in [-0.05, 0) is 34.7 Å². The van der Waals surface area contributed by atoms with Crippen LogP contribution in [0, 0.1) is 14.9 Å². The Hall–Kier alpha value is -1.68. The lowest BCUT2D eigenvalue weighted by Crippen LogP contribution is -1.95. The quantitative estimate of drug-likeness (QED) is 0.798. The monoisotopic (exact) mass is 323 g/mol. The molecule has 1 aromatic carbocycles. The molecule has 0 aliphatic heterocycles. The van der Waals surface area contributed by atoms with E-state index in [2.05, 4.69) is 32.6 Å². The van der Waals surface area contributed by atoms with Gasteiger partial charge in [-0.25, -0.2) is 9.97 Å². The molecule has 1 aromatic heterocycles. The molecule has 78 valence electrons. The molecule has 0 fully saturated rings. The maximum absolute atomic E-state index is 8.83. The van der Waals surface area contributed by atoms with Gasteiger partial charge in [0, 0.05) is 12.4 Å². The lowest BCUT2D eigenvalue weighted by Gasteiger charge is -2.06. The Labute approximate surface area is 106 Å². The number of ether oxygens (including phenoxy) is 1. The Balaban J connectivity index is 2.35. The number of hydrogen-bond donors (Lipinski definition) is 0. The molecule has 0 unspecified atom stereocenters. The van der Waals surface area contributed by atoms with Gasteiger partial charge in [0.25, 0.3) is 5.88 Å². The van der Waals surface area contributed by atoms with Crippen LogP contribution in [0.3, 0.4) is 0 Å². The number of para-hydroxylation sites is 1. The molecule has 16 heavy (non-hydrogen) atoms. The number of nitriles is 1. The summed E-state index contributed by atoms with van der Waals surface area (Å²) in [5.41, 5.74) is 0.183. The van der Waals surface area contributed by atoms with E-state index in [0.717, 1.165) is 3.57 Å². The van der Waals surface area contributed by atoms with Gasteiger partial charge in [0.1, 0.15) is 11.8 Å². The van der Waals surface area contributed by atoms with E-state index in [4.69, 9.17) is 10.00 Å². The summed E-state index contributed by atoms with van der Waals surface area (Å²) in [6.45, 7) is 0. The molecule has 0 aliphatic rings. The maximum atomic E-state index is 8.83. The second kappa shape index (κ2) is 4.90. The normalized spacial score (nSPS) is 9.50. The van der Waals surface area contributed by atoms with Crippen LogP contribution in [-0.2, 0) is 0 Å². The van der Waals surface area contributed by atoms with E-state index < -0.39 is 0 Å². The number of nitrogens with zero attached hydrogens (tertiary/aromatic N) is 3. The molecule has 0 amide bonds. The largest absolute Gasteiger partial charge is 0.435 e. The Bertz CT molecular complexity index is 551. The van der Waals surface area contributed by atoms with Gasteiger partial charge in [0.15, 0.2) is 0 Å². The predicted octanol–water partition coefficient (Wildman–Crippen LogP) is 2.75. The van der Waals surface area contributed by atoms with E-state index in [1.165, 1.54) is 12.4 Å². The van der Waals surface area contributed by atoms with Crippen LogP contribution in [0.1, 0.15) is 5.69 Å². The average molecular weight is 323 g/mol. The SMILES string of the molecule is N#Cc1nccnc1Oc1ccccc1I. The summed E-state index contributed by atoms with van der Waals surface area (Å²) in [5.74, 6) is 0.897. The minimum atomic E-state index is 0.183. The Kier molecular flexibility index (Phi) is 3.31. The molecule has 0 saturated carbocycles. The van der Waals surface area contributed by atoms with Crippen molar-refractivity contribution in [1.29, 1.82) is 5.26 Å². The van der Waals surface area contributed by atoms with Gasteiger partial charge in [0.05, 0.1) is 3.57 Å². The van der Waals surface area contributed by atoms with Crippen molar-refractivity contribution < 1.29 is 4.74 Å². The average Bonchev–Trinajstić information content (AvgIpc) is 2.33. The lowest BCUT2D eigenvalue weighted by atomic mass is 10.3. The third kappa shape index (κ3) is 2.28. The van der Waals surface area contributed by atoms with Gasteiger partial charge in [0.2, 0.25) is 5.69 Å². The summed E-state index contributed by atoms with van der Waals surface area (Å²) in [5, 5.41) is 8.83. The molecule has 0 spiro atoms. The predicted molar refractivity (Wildman–Crippen MR) is 66.0 cm³/mol. The molecule has 0 atom stereocenters. The molecule has 0 N–H and O–H groups in total. The third-order valence-corrected chi connectivity index (χ3v) is 2.71. The highest BCUT2D eigenvalue weighted by Crippen LogP contribution is 2.25. The van der Waals surface area contributed by atoms with Gasteiger partial charge in [-0.2, -0.15) is 5.26 Å². The van der Waals surface area contributed by atoms with E-state index in [0.29, 0.717) is 5.75 Å². The molecule has 2 aromatic rings. The van der Waals surface area contributed by atoms with Gasteiger partial charge < -0.3 is 4.74 Å². The lowest BCUT2D eigenvalue weighted by molar-refractivity contribution is 0.455. The fraction of sp³-hybridized carbons (Fsp3) is 0. The zero-order valence-electron chi connectivity index (χ0n) is 8.09. The van der Waals surface area contributed by atoms with Crippen molar-refractivity contribution in [3.63, 3.8) is 0 Å². The summed E-state index contributed by atoms with van der Waals surface area (Å²) in [4.78, 5) is 7.85. The minimum absolute atomic E-state index is 0.183. The highest BCUT2D eigenvalue weighted by atomic mass is 127. The number of benzene rings is 1. The van der Waals surface area contributed by atoms with E-state index in [1.54, 1.807) is 0 Å². The molecule has 0 aliphatic carbocycles. The molecule has 0 saturated heterocycles. The third-order valence-electron chi connectivity index (χ3n) is 1.81. The molecular formula is C11H6IN3O. The number of rotatable bonds is 2. The number of aromatic nitrogens is 2. The first-order chi connectivity index (χ1) is 7.81. The molecule has 0 bridgehead atoms. The van der Waals surface area contributed by atoms with E-state index in [9.17, 15) is 0 Å². The maximum Gasteiger partial charge on any atom is 0.256 e. The fourth-order valence-corrected chi connectivity index (χ4v) is 1.61. The van der Waals surface area contributed by atoms with E-state index >= 15 is 0 Å². The van der Waals surface area contributed by atoms with Gasteiger partial charge in [-0.3, -0.25) is 0 Å². The van der Waals surface area contributed by atoms with E-state index in [-0.39, 0.29) is 11.6 Å². The number of halogens is 1. The second-order valence-electron chi connectivity index (χ2n) is 2.85. The molecule has 5 heteroatoms. The molecule has 4 nitrogen and oxygen atoms in total. The minimum Gasteiger partial charge on any atom is -0.435 e. The van der Waals surface area contributed by atoms with Crippen LogP contribution in [0.25, 0.3) is 0 Å². The molecule has 0 radical (unpaired) electrons. The standard InChI is InChI=1S/C11H6IN3O/c12-8-3-1-2-4-10(8)16-11-9(7-13)14-5-6-15-11/h1-6H. The fourth-order valence-electron chi connectivity index (χ4n) is 1.11. The summed E-state index contributed by atoms with van der Waals surface area (Å²) >= 11 is 2.15. The smallest absolute Gasteiger partial charge is 0.256 e. The topological polar surface area (TPSA) is 58.8 Å². The molecular weight excluding hydrogens is 317 g/mol. The highest BCUT2D eigenvalue weighted by Gasteiger charge is 2.08. The van der Waals surface area contributed by atoms with Crippen LogP contribution in [0.2, 0.25) is 0 Å². The highest BCUT2D eigenvalue weighted by molar-refractivity contribution is 14.1. The van der Waals surface area contributed by atoms with Crippen molar-refractivity contribution in [2.45, 2.75) is 0 Å². The summed E-state index contributed by atoms with van der Waals surface area (Å²) in [7, 11) is 0. The van der Waals surface area contributed by atoms with Crippen LogP contribution in [-0.4, -0.2) is 9.97 Å². The summed E-state index contributed by atoms with van der Waals surface area (Å²) in [6.07, 6.45) is 2.95. The van der Waals surface area contributed by atoms with Crippen LogP contribution in [0.4, 0.5) is 0 Å².